The molecule has 0 aromatic carbocycles. The van der Waals surface area contributed by atoms with E-state index in [0.29, 0.717) is 21.1 Å². The summed E-state index contributed by atoms with van der Waals surface area (Å²) < 4.78 is 0. The molecule has 31 heavy (non-hydrogen) atoms. The van der Waals surface area contributed by atoms with Crippen LogP contribution in [0, 0.1) is 0 Å². The second-order valence-electron chi connectivity index (χ2n) is 8.44. The first kappa shape index (κ1) is 20.5. The van der Waals surface area contributed by atoms with E-state index in [1.807, 2.05) is 0 Å². The van der Waals surface area contributed by atoms with Crippen LogP contribution in [0.1, 0.15) is 80.3 Å². The van der Waals surface area contributed by atoms with Crippen molar-refractivity contribution in [3.05, 3.63) is 38.2 Å². The number of nitrogen functional groups attached to an aromatic ring is 1. The second kappa shape index (κ2) is 8.24. The zero-order valence-electron chi connectivity index (χ0n) is 17.4. The molecular weight excluding hydrogens is 428 g/mol. The molecule has 5 N–H and O–H groups in total. The first-order valence-corrected chi connectivity index (χ1v) is 12.6. The van der Waals surface area contributed by atoms with Crippen LogP contribution in [0.15, 0.2) is 6.07 Å². The standard InChI is InChI=1S/C23H26N4O2S2/c24-18-14-11-12-7-3-1-5-9-15(12)26-22(14)31-19(18)21(29)27-23-17(20(25)28)13-8-4-2-6-10-16(13)30-23/h11H,1-10,24H2,(H2,25,28)(H,27,29). The number of aromatic nitrogens is 1. The number of fused-ring (bicyclic) bond motifs is 3. The number of pyridine rings is 1. The topological polar surface area (TPSA) is 111 Å². The van der Waals surface area contributed by atoms with E-state index in [2.05, 4.69) is 11.4 Å². The number of carbonyl (C=O) groups is 2. The molecule has 2 aliphatic rings. The van der Waals surface area contributed by atoms with Gasteiger partial charge in [0.2, 0.25) is 0 Å². The summed E-state index contributed by atoms with van der Waals surface area (Å²) in [7, 11) is 0. The molecule has 0 radical (unpaired) electrons. The molecule has 0 atom stereocenters. The lowest BCUT2D eigenvalue weighted by atomic mass is 10.1. The summed E-state index contributed by atoms with van der Waals surface area (Å²) in [6.45, 7) is 0. The van der Waals surface area contributed by atoms with Crippen LogP contribution in [0.25, 0.3) is 10.2 Å². The predicted molar refractivity (Wildman–Crippen MR) is 127 cm³/mol. The van der Waals surface area contributed by atoms with Gasteiger partial charge in [0.25, 0.3) is 11.8 Å². The minimum absolute atomic E-state index is 0.297. The van der Waals surface area contributed by atoms with Gasteiger partial charge >= 0.3 is 0 Å². The van der Waals surface area contributed by atoms with Crippen molar-refractivity contribution in [2.45, 2.75) is 64.2 Å². The number of hydrogen-bond donors (Lipinski definition) is 3. The van der Waals surface area contributed by atoms with E-state index in [-0.39, 0.29) is 5.91 Å². The van der Waals surface area contributed by atoms with Crippen LogP contribution in [-0.4, -0.2) is 16.8 Å². The van der Waals surface area contributed by atoms with Crippen molar-refractivity contribution in [2.24, 2.45) is 5.73 Å². The number of nitrogens with zero attached hydrogens (tertiary/aromatic N) is 1. The Hall–Kier alpha value is -2.45. The highest BCUT2D eigenvalue weighted by atomic mass is 32.1. The second-order valence-corrected chi connectivity index (χ2v) is 10.5. The summed E-state index contributed by atoms with van der Waals surface area (Å²) >= 11 is 2.80. The van der Waals surface area contributed by atoms with E-state index in [1.165, 1.54) is 34.7 Å². The molecule has 0 aliphatic heterocycles. The van der Waals surface area contributed by atoms with Crippen LogP contribution in [0.4, 0.5) is 10.7 Å². The van der Waals surface area contributed by atoms with Crippen LogP contribution in [0.5, 0.6) is 0 Å². The van der Waals surface area contributed by atoms with Gasteiger partial charge in [-0.15, -0.1) is 22.7 Å². The van der Waals surface area contributed by atoms with Gasteiger partial charge < -0.3 is 16.8 Å². The Labute approximate surface area is 189 Å². The lowest BCUT2D eigenvalue weighted by Crippen LogP contribution is -2.18. The van der Waals surface area contributed by atoms with Crippen LogP contribution in [0.2, 0.25) is 0 Å². The minimum atomic E-state index is -0.482. The third-order valence-electron chi connectivity index (χ3n) is 6.35. The average Bonchev–Trinajstić information content (AvgIpc) is 3.02. The number of hydrogen-bond acceptors (Lipinski definition) is 6. The maximum Gasteiger partial charge on any atom is 0.268 e. The molecule has 3 heterocycles. The molecule has 0 fully saturated rings. The first-order chi connectivity index (χ1) is 15.0. The Balaban J connectivity index is 1.50. The molecule has 8 heteroatoms. The first-order valence-electron chi connectivity index (χ1n) is 11.0. The number of nitrogens with one attached hydrogen (secondary N) is 1. The lowest BCUT2D eigenvalue weighted by molar-refractivity contribution is 0.100. The summed E-state index contributed by atoms with van der Waals surface area (Å²) in [4.78, 5) is 32.7. The summed E-state index contributed by atoms with van der Waals surface area (Å²) in [5, 5.41) is 4.35. The van der Waals surface area contributed by atoms with Gasteiger partial charge in [-0.1, -0.05) is 12.8 Å². The Kier molecular flexibility index (Phi) is 5.44. The third-order valence-corrected chi connectivity index (χ3v) is 8.67. The maximum atomic E-state index is 13.2. The number of primary amides is 1. The molecule has 5 rings (SSSR count). The highest BCUT2D eigenvalue weighted by Gasteiger charge is 2.26. The monoisotopic (exact) mass is 454 g/mol. The maximum absolute atomic E-state index is 13.2. The zero-order valence-corrected chi connectivity index (χ0v) is 19.0. The SMILES string of the molecule is NC(=O)c1c(NC(=O)c2sc3nc4c(cc3c2N)CCCCC4)sc2c1CCCCC2. The van der Waals surface area contributed by atoms with Crippen molar-refractivity contribution in [2.75, 3.05) is 11.1 Å². The molecule has 0 spiro atoms. The predicted octanol–water partition coefficient (Wildman–Crippen LogP) is 4.83. The number of nitrogens with two attached hydrogens (primary N) is 2. The Morgan fingerprint density at radius 1 is 0.968 bits per heavy atom. The molecule has 3 aromatic rings. The molecule has 3 aromatic heterocycles. The van der Waals surface area contributed by atoms with Crippen molar-refractivity contribution in [3.8, 4) is 0 Å². The van der Waals surface area contributed by atoms with Crippen molar-refractivity contribution in [3.63, 3.8) is 0 Å². The van der Waals surface area contributed by atoms with Gasteiger partial charge in [-0.25, -0.2) is 4.98 Å². The molecule has 162 valence electrons. The quantitative estimate of drug-likeness (QED) is 0.492. The normalized spacial score (nSPS) is 16.3. The lowest BCUT2D eigenvalue weighted by Gasteiger charge is -2.06. The van der Waals surface area contributed by atoms with Crippen molar-refractivity contribution in [1.29, 1.82) is 0 Å². The summed E-state index contributed by atoms with van der Waals surface area (Å²) in [5.74, 6) is -0.779. The fraction of sp³-hybridized carbons (Fsp3) is 0.435. The highest BCUT2D eigenvalue weighted by Crippen LogP contribution is 2.39. The fourth-order valence-corrected chi connectivity index (χ4v) is 7.04. The smallest absolute Gasteiger partial charge is 0.268 e. The summed E-state index contributed by atoms with van der Waals surface area (Å²) in [6.07, 6.45) is 10.6. The third kappa shape index (κ3) is 3.72. The fourth-order valence-electron chi connectivity index (χ4n) is 4.76. The van der Waals surface area contributed by atoms with E-state index >= 15 is 0 Å². The largest absolute Gasteiger partial charge is 0.397 e. The van der Waals surface area contributed by atoms with Gasteiger partial charge in [0, 0.05) is 16.0 Å². The van der Waals surface area contributed by atoms with Gasteiger partial charge in [0.15, 0.2) is 0 Å². The summed E-state index contributed by atoms with van der Waals surface area (Å²) in [6, 6.07) is 2.12. The molecule has 2 aliphatic carbocycles. The van der Waals surface area contributed by atoms with Gasteiger partial charge in [0.1, 0.15) is 14.7 Å². The molecule has 0 saturated heterocycles. The van der Waals surface area contributed by atoms with Gasteiger partial charge in [0.05, 0.1) is 11.3 Å². The molecule has 6 nitrogen and oxygen atoms in total. The Morgan fingerprint density at radius 2 is 1.71 bits per heavy atom. The number of thiophene rings is 2. The highest BCUT2D eigenvalue weighted by molar-refractivity contribution is 7.21. The number of rotatable bonds is 3. The van der Waals surface area contributed by atoms with Crippen LogP contribution in [-0.2, 0) is 25.7 Å². The molecule has 0 unspecified atom stereocenters. The van der Waals surface area contributed by atoms with E-state index in [4.69, 9.17) is 16.5 Å². The van der Waals surface area contributed by atoms with Crippen LogP contribution >= 0.6 is 22.7 Å². The van der Waals surface area contributed by atoms with Gasteiger partial charge in [-0.2, -0.15) is 0 Å². The average molecular weight is 455 g/mol. The molecule has 0 bridgehead atoms. The zero-order chi connectivity index (χ0) is 21.5. The van der Waals surface area contributed by atoms with Gasteiger partial charge in [-0.05, 0) is 68.6 Å². The molecule has 2 amide bonds. The van der Waals surface area contributed by atoms with Crippen molar-refractivity contribution >= 4 is 55.4 Å². The number of carbonyl (C=O) groups excluding carboxylic acids is 2. The number of amides is 2. The van der Waals surface area contributed by atoms with E-state index in [9.17, 15) is 9.59 Å². The van der Waals surface area contributed by atoms with E-state index < -0.39 is 5.91 Å². The number of anilines is 2. The van der Waals surface area contributed by atoms with Crippen LogP contribution in [0.3, 0.4) is 0 Å². The number of aryl methyl sites for hydroxylation is 3. The Morgan fingerprint density at radius 3 is 2.52 bits per heavy atom. The molecule has 0 saturated carbocycles. The summed E-state index contributed by atoms with van der Waals surface area (Å²) in [5.41, 5.74) is 16.4. The molecular formula is C23H26N4O2S2. The minimum Gasteiger partial charge on any atom is -0.397 e. The Bertz CT molecular complexity index is 1190. The van der Waals surface area contributed by atoms with Crippen molar-refractivity contribution in [1.82, 2.24) is 4.98 Å². The van der Waals surface area contributed by atoms with E-state index in [1.54, 1.807) is 0 Å². The van der Waals surface area contributed by atoms with Crippen LogP contribution < -0.4 is 16.8 Å². The van der Waals surface area contributed by atoms with Gasteiger partial charge in [-0.3, -0.25) is 9.59 Å². The van der Waals surface area contributed by atoms with Crippen molar-refractivity contribution < 1.29 is 9.59 Å². The van der Waals surface area contributed by atoms with E-state index in [0.717, 1.165) is 84.1 Å².